The van der Waals surface area contributed by atoms with E-state index in [4.69, 9.17) is 0 Å². The molecule has 3 nitrogen and oxygen atoms in total. The Morgan fingerprint density at radius 2 is 2.04 bits per heavy atom. The molecule has 0 unspecified atom stereocenters. The monoisotopic (exact) mass is 329 g/mol. The minimum absolute atomic E-state index is 0.137. The van der Waals surface area contributed by atoms with Crippen LogP contribution in [0.25, 0.3) is 0 Å². The van der Waals surface area contributed by atoms with E-state index in [0.29, 0.717) is 18.5 Å². The van der Waals surface area contributed by atoms with Gasteiger partial charge in [-0.15, -0.1) is 11.3 Å². The molecule has 1 aromatic carbocycles. The molecule has 1 heterocycles. The van der Waals surface area contributed by atoms with Crippen molar-refractivity contribution >= 4 is 17.2 Å². The van der Waals surface area contributed by atoms with Crippen molar-refractivity contribution in [3.63, 3.8) is 0 Å². The van der Waals surface area contributed by atoms with Gasteiger partial charge in [-0.05, 0) is 44.1 Å². The quantitative estimate of drug-likeness (QED) is 0.806. The minimum Gasteiger partial charge on any atom is -0.348 e. The highest BCUT2D eigenvalue weighted by Crippen LogP contribution is 2.32. The third-order valence-corrected chi connectivity index (χ3v) is 5.50. The maximum absolute atomic E-state index is 12.2. The summed E-state index contributed by atoms with van der Waals surface area (Å²) in [6.07, 6.45) is 2.51. The summed E-state index contributed by atoms with van der Waals surface area (Å²) in [5, 5.41) is 7.38. The molecule has 1 saturated carbocycles. The molecule has 0 radical (unpaired) electrons. The summed E-state index contributed by atoms with van der Waals surface area (Å²) >= 11 is 1.75. The van der Waals surface area contributed by atoms with Gasteiger partial charge in [0.25, 0.3) is 5.91 Å². The molecule has 3 N–H and O–H groups in total. The van der Waals surface area contributed by atoms with E-state index >= 15 is 0 Å². The molecule has 0 aliphatic heterocycles. The molecule has 2 aromatic rings. The number of benzene rings is 1. The Hall–Kier alpha value is -1.65. The molecule has 1 aliphatic carbocycles. The fourth-order valence-corrected chi connectivity index (χ4v) is 3.76. The van der Waals surface area contributed by atoms with E-state index in [1.54, 1.807) is 11.3 Å². The lowest BCUT2D eigenvalue weighted by Gasteiger charge is -2.17. The van der Waals surface area contributed by atoms with Crippen LogP contribution < -0.4 is 10.6 Å². The first-order chi connectivity index (χ1) is 11.1. The number of nitrogens with two attached hydrogens (primary N) is 1. The molecule has 4 heteroatoms. The molecular weight excluding hydrogens is 304 g/mol. The van der Waals surface area contributed by atoms with Crippen molar-refractivity contribution in [2.75, 3.05) is 6.54 Å². The molecular formula is C19H25N2OS+. The average molecular weight is 329 g/mol. The largest absolute Gasteiger partial charge is 0.348 e. The Balaban J connectivity index is 1.64. The van der Waals surface area contributed by atoms with Gasteiger partial charge in [0.15, 0.2) is 6.54 Å². The summed E-state index contributed by atoms with van der Waals surface area (Å²) < 4.78 is 0. The Labute approximate surface area is 142 Å². The number of hydrogen-bond acceptors (Lipinski definition) is 2. The Bertz CT molecular complexity index is 632. The van der Waals surface area contributed by atoms with Crippen LogP contribution in [0.4, 0.5) is 0 Å². The van der Waals surface area contributed by atoms with E-state index in [0.717, 1.165) is 0 Å². The number of carbonyl (C=O) groups is 1. The van der Waals surface area contributed by atoms with Gasteiger partial charge < -0.3 is 10.6 Å². The van der Waals surface area contributed by atoms with Crippen molar-refractivity contribution in [2.45, 2.75) is 38.8 Å². The topological polar surface area (TPSA) is 45.7 Å². The van der Waals surface area contributed by atoms with Crippen LogP contribution in [0.15, 0.2) is 41.8 Å². The highest BCUT2D eigenvalue weighted by atomic mass is 32.1. The van der Waals surface area contributed by atoms with Gasteiger partial charge in [0.05, 0.1) is 4.88 Å². The fourth-order valence-electron chi connectivity index (χ4n) is 2.91. The van der Waals surface area contributed by atoms with Gasteiger partial charge in [0.2, 0.25) is 0 Å². The van der Waals surface area contributed by atoms with Crippen molar-refractivity contribution in [2.24, 2.45) is 5.92 Å². The molecule has 0 spiro atoms. The van der Waals surface area contributed by atoms with Gasteiger partial charge in [-0.3, -0.25) is 4.79 Å². The van der Waals surface area contributed by atoms with Crippen LogP contribution in [0, 0.1) is 12.8 Å². The summed E-state index contributed by atoms with van der Waals surface area (Å²) in [6, 6.07) is 13.3. The number of quaternary nitrogens is 1. The smallest absolute Gasteiger partial charge is 0.275 e. The molecule has 0 bridgehead atoms. The molecule has 3 rings (SSSR count). The maximum Gasteiger partial charge on any atom is 0.275 e. The number of hydrogen-bond donors (Lipinski definition) is 2. The molecule has 23 heavy (non-hydrogen) atoms. The van der Waals surface area contributed by atoms with E-state index in [1.807, 2.05) is 0 Å². The predicted molar refractivity (Wildman–Crippen MR) is 94.5 cm³/mol. The number of carbonyl (C=O) groups excluding carboxylic acids is 1. The lowest BCUT2D eigenvalue weighted by Crippen LogP contribution is -2.87. The molecule has 1 aliphatic rings. The van der Waals surface area contributed by atoms with Gasteiger partial charge in [-0.25, -0.2) is 0 Å². The number of thiophene rings is 1. The van der Waals surface area contributed by atoms with Crippen LogP contribution in [0.5, 0.6) is 0 Å². The Morgan fingerprint density at radius 1 is 1.30 bits per heavy atom. The Kier molecular flexibility index (Phi) is 5.13. The first-order valence-corrected chi connectivity index (χ1v) is 9.24. The van der Waals surface area contributed by atoms with Crippen LogP contribution in [0.2, 0.25) is 0 Å². The van der Waals surface area contributed by atoms with Gasteiger partial charge in [0.1, 0.15) is 6.04 Å². The van der Waals surface area contributed by atoms with E-state index in [1.165, 1.54) is 28.8 Å². The standard InChI is InChI=1S/C19H24N2OS/c1-13-5-7-16(8-6-13)19(17-4-3-11-23-17)20-12-18(22)21-14(2)15-9-10-15/h3-8,11,14-15,19-20H,9-10,12H2,1-2H3,(H,21,22)/p+1/t14-,19-/m0/s1. The van der Waals surface area contributed by atoms with E-state index in [-0.39, 0.29) is 11.9 Å². The minimum atomic E-state index is 0.137. The summed E-state index contributed by atoms with van der Waals surface area (Å²) in [5.74, 6) is 0.835. The lowest BCUT2D eigenvalue weighted by molar-refractivity contribution is -0.676. The summed E-state index contributed by atoms with van der Waals surface area (Å²) in [4.78, 5) is 13.5. The van der Waals surface area contributed by atoms with Crippen molar-refractivity contribution in [3.8, 4) is 0 Å². The van der Waals surface area contributed by atoms with Crippen molar-refractivity contribution in [3.05, 3.63) is 57.8 Å². The maximum atomic E-state index is 12.2. The number of aryl methyl sites for hydroxylation is 1. The second-order valence-corrected chi connectivity index (χ2v) is 7.52. The van der Waals surface area contributed by atoms with Crippen LogP contribution in [-0.2, 0) is 4.79 Å². The fraction of sp³-hybridized carbons (Fsp3) is 0.421. The number of amides is 1. The molecule has 1 aromatic heterocycles. The zero-order valence-electron chi connectivity index (χ0n) is 13.8. The third kappa shape index (κ3) is 4.43. The molecule has 122 valence electrons. The zero-order chi connectivity index (χ0) is 16.2. The lowest BCUT2D eigenvalue weighted by atomic mass is 10.0. The van der Waals surface area contributed by atoms with Crippen molar-refractivity contribution in [1.82, 2.24) is 5.32 Å². The van der Waals surface area contributed by atoms with Crippen LogP contribution in [0.3, 0.4) is 0 Å². The van der Waals surface area contributed by atoms with Gasteiger partial charge in [0, 0.05) is 11.6 Å². The summed E-state index contributed by atoms with van der Waals surface area (Å²) in [5.41, 5.74) is 2.51. The highest BCUT2D eigenvalue weighted by molar-refractivity contribution is 7.10. The molecule has 1 fully saturated rings. The first kappa shape index (κ1) is 16.2. The van der Waals surface area contributed by atoms with E-state index in [9.17, 15) is 4.79 Å². The number of nitrogens with one attached hydrogen (secondary N) is 1. The van der Waals surface area contributed by atoms with E-state index in [2.05, 4.69) is 66.3 Å². The second-order valence-electron chi connectivity index (χ2n) is 6.54. The van der Waals surface area contributed by atoms with Gasteiger partial charge in [-0.1, -0.05) is 35.9 Å². The normalized spacial score (nSPS) is 16.8. The van der Waals surface area contributed by atoms with Crippen LogP contribution >= 0.6 is 11.3 Å². The average Bonchev–Trinajstić information content (AvgIpc) is 3.26. The predicted octanol–water partition coefficient (Wildman–Crippen LogP) is 2.62. The SMILES string of the molecule is Cc1ccc([C@H]([NH2+]CC(=O)N[C@@H](C)C2CC2)c2cccs2)cc1. The molecule has 1 amide bonds. The summed E-state index contributed by atoms with van der Waals surface area (Å²) in [6.45, 7) is 4.68. The molecule has 0 saturated heterocycles. The van der Waals surface area contributed by atoms with Crippen molar-refractivity contribution < 1.29 is 10.1 Å². The first-order valence-electron chi connectivity index (χ1n) is 8.36. The second kappa shape index (κ2) is 7.28. The molecule has 2 atom stereocenters. The van der Waals surface area contributed by atoms with Gasteiger partial charge in [-0.2, -0.15) is 0 Å². The van der Waals surface area contributed by atoms with E-state index < -0.39 is 0 Å². The number of rotatable bonds is 7. The van der Waals surface area contributed by atoms with Crippen molar-refractivity contribution in [1.29, 1.82) is 0 Å². The van der Waals surface area contributed by atoms with Crippen LogP contribution in [0.1, 0.15) is 41.8 Å². The summed E-state index contributed by atoms with van der Waals surface area (Å²) in [7, 11) is 0. The zero-order valence-corrected chi connectivity index (χ0v) is 14.6. The Morgan fingerprint density at radius 3 is 2.65 bits per heavy atom. The van der Waals surface area contributed by atoms with Crippen LogP contribution in [-0.4, -0.2) is 18.5 Å². The van der Waals surface area contributed by atoms with Gasteiger partial charge >= 0.3 is 0 Å². The third-order valence-electron chi connectivity index (χ3n) is 4.54. The highest BCUT2D eigenvalue weighted by Gasteiger charge is 2.29.